The number of hydrogen-bond acceptors (Lipinski definition) is 10. The number of anilines is 1. The third kappa shape index (κ3) is 7.79. The summed E-state index contributed by atoms with van der Waals surface area (Å²) < 4.78 is 9.70. The Balaban J connectivity index is 1.64. The molecular weight excluding hydrogens is 518 g/mol. The molecule has 10 nitrogen and oxygen atoms in total. The van der Waals surface area contributed by atoms with E-state index in [9.17, 15) is 24.3 Å². The number of thiocarbonyl (C=S) groups is 1. The number of benzene rings is 2. The molecule has 0 saturated carbocycles. The second-order valence-electron chi connectivity index (χ2n) is 7.84. The monoisotopic (exact) mass is 543 g/mol. The first-order valence-corrected chi connectivity index (χ1v) is 12.3. The summed E-state index contributed by atoms with van der Waals surface area (Å²) >= 11 is 6.20. The van der Waals surface area contributed by atoms with Gasteiger partial charge in [-0.05, 0) is 47.9 Å². The molecule has 0 radical (unpaired) electrons. The number of phenols is 1. The quantitative estimate of drug-likeness (QED) is 0.201. The van der Waals surface area contributed by atoms with Crippen molar-refractivity contribution in [1.29, 1.82) is 0 Å². The molecule has 1 atom stereocenters. The zero-order valence-electron chi connectivity index (χ0n) is 20.0. The molecule has 37 heavy (non-hydrogen) atoms. The normalized spacial score (nSPS) is 14.6. The fourth-order valence-corrected chi connectivity index (χ4v) is 4.38. The van der Waals surface area contributed by atoms with Crippen LogP contribution in [0, 0.1) is 0 Å². The minimum atomic E-state index is -1.09. The van der Waals surface area contributed by atoms with Gasteiger partial charge >= 0.3 is 11.9 Å². The van der Waals surface area contributed by atoms with E-state index in [-0.39, 0.29) is 30.1 Å². The molecule has 2 aromatic rings. The predicted molar refractivity (Wildman–Crippen MR) is 143 cm³/mol. The molecule has 1 saturated heterocycles. The van der Waals surface area contributed by atoms with E-state index in [1.807, 2.05) is 24.3 Å². The smallest absolute Gasteiger partial charge is 0.328 e. The average molecular weight is 544 g/mol. The predicted octanol–water partition coefficient (Wildman–Crippen LogP) is 2.72. The number of rotatable bonds is 10. The Bertz CT molecular complexity index is 1250. The minimum Gasteiger partial charge on any atom is -0.507 e. The molecule has 4 N–H and O–H groups in total. The number of carbonyl (C=O) groups is 4. The number of thioether (sulfide) groups is 1. The van der Waals surface area contributed by atoms with Crippen LogP contribution in [-0.2, 0) is 30.4 Å². The molecule has 0 aliphatic carbocycles. The molecule has 3 rings (SSSR count). The van der Waals surface area contributed by atoms with Crippen LogP contribution < -0.4 is 16.0 Å². The highest BCUT2D eigenvalue weighted by molar-refractivity contribution is 8.26. The highest BCUT2D eigenvalue weighted by Crippen LogP contribution is 2.26. The molecule has 1 aliphatic rings. The number of esters is 2. The third-order valence-corrected chi connectivity index (χ3v) is 6.47. The second-order valence-corrected chi connectivity index (χ2v) is 9.56. The van der Waals surface area contributed by atoms with E-state index >= 15 is 0 Å². The highest BCUT2D eigenvalue weighted by atomic mass is 32.2. The van der Waals surface area contributed by atoms with Gasteiger partial charge in [-0.25, -0.2) is 4.79 Å². The second kappa shape index (κ2) is 12.9. The maximum Gasteiger partial charge on any atom is 0.328 e. The fraction of sp³-hybridized carbons (Fsp3) is 0.240. The van der Waals surface area contributed by atoms with Crippen LogP contribution in [0.3, 0.4) is 0 Å². The van der Waals surface area contributed by atoms with Crippen LogP contribution in [-0.4, -0.2) is 53.4 Å². The fourth-order valence-electron chi connectivity index (χ4n) is 3.34. The van der Waals surface area contributed by atoms with Crippen molar-refractivity contribution in [1.82, 2.24) is 10.6 Å². The Hall–Kier alpha value is -3.90. The standard InChI is InChI=1S/C25H25N3O7S2/c1-34-21(30)10-8-18(24(33)35-2)27-22(31)17-11-15(5-9-19(17)29)13-26-16-6-3-14(4-7-16)12-20-23(32)28-25(36)37-20/h3-7,9,11-12,18,26,29H,8,10,13H2,1-2H3,(H,27,31)(H,28,32,36)/b20-12-/t18-/m1/s1. The van der Waals surface area contributed by atoms with Crippen LogP contribution in [0.15, 0.2) is 47.4 Å². The lowest BCUT2D eigenvalue weighted by Crippen LogP contribution is -2.42. The number of aromatic hydroxyl groups is 1. The number of carbonyl (C=O) groups excluding carboxylic acids is 4. The number of ether oxygens (including phenoxy) is 2. The average Bonchev–Trinajstić information content (AvgIpc) is 3.21. The molecule has 0 unspecified atom stereocenters. The van der Waals surface area contributed by atoms with Crippen molar-refractivity contribution in [3.05, 3.63) is 64.1 Å². The summed E-state index contributed by atoms with van der Waals surface area (Å²) in [6, 6.07) is 10.9. The highest BCUT2D eigenvalue weighted by Gasteiger charge is 2.25. The Kier molecular flexibility index (Phi) is 9.64. The van der Waals surface area contributed by atoms with Gasteiger partial charge < -0.3 is 30.5 Å². The maximum absolute atomic E-state index is 12.8. The first-order chi connectivity index (χ1) is 17.7. The van der Waals surface area contributed by atoms with Crippen molar-refractivity contribution in [2.75, 3.05) is 19.5 Å². The van der Waals surface area contributed by atoms with Crippen LogP contribution in [0.25, 0.3) is 6.08 Å². The molecule has 0 aromatic heterocycles. The Morgan fingerprint density at radius 1 is 1.14 bits per heavy atom. The lowest BCUT2D eigenvalue weighted by molar-refractivity contribution is -0.144. The summed E-state index contributed by atoms with van der Waals surface area (Å²) in [4.78, 5) is 48.6. The van der Waals surface area contributed by atoms with Gasteiger partial charge in [0.1, 0.15) is 16.1 Å². The van der Waals surface area contributed by atoms with Crippen LogP contribution in [0.1, 0.15) is 34.3 Å². The van der Waals surface area contributed by atoms with Gasteiger partial charge in [0.2, 0.25) is 0 Å². The SMILES string of the molecule is COC(=O)CC[C@@H](NC(=O)c1cc(CNc2ccc(/C=C3\SC(=S)NC3=O)cc2)ccc1O)C(=O)OC. The minimum absolute atomic E-state index is 0.0180. The first-order valence-electron chi connectivity index (χ1n) is 11.1. The van der Waals surface area contributed by atoms with Gasteiger partial charge in [-0.3, -0.25) is 14.4 Å². The molecule has 1 aliphatic heterocycles. The molecular formula is C25H25N3O7S2. The Labute approximate surface area is 222 Å². The summed E-state index contributed by atoms with van der Waals surface area (Å²) in [7, 11) is 2.40. The zero-order valence-corrected chi connectivity index (χ0v) is 21.7. The van der Waals surface area contributed by atoms with E-state index in [0.717, 1.165) is 11.3 Å². The zero-order chi connectivity index (χ0) is 26.9. The van der Waals surface area contributed by atoms with Gasteiger partial charge in [-0.1, -0.05) is 42.2 Å². The van der Waals surface area contributed by atoms with E-state index in [1.54, 1.807) is 12.1 Å². The number of methoxy groups -OCH3 is 2. The van der Waals surface area contributed by atoms with Gasteiger partial charge in [-0.2, -0.15) is 0 Å². The first kappa shape index (κ1) is 27.7. The number of amides is 2. The van der Waals surface area contributed by atoms with E-state index in [4.69, 9.17) is 17.0 Å². The van der Waals surface area contributed by atoms with E-state index in [0.29, 0.717) is 21.3 Å². The molecule has 0 spiro atoms. The van der Waals surface area contributed by atoms with Crippen molar-refractivity contribution in [2.45, 2.75) is 25.4 Å². The summed E-state index contributed by atoms with van der Waals surface area (Å²) in [6.45, 7) is 0.344. The van der Waals surface area contributed by atoms with Crippen LogP contribution in [0.4, 0.5) is 5.69 Å². The van der Waals surface area contributed by atoms with Crippen molar-refractivity contribution in [3.8, 4) is 5.75 Å². The lowest BCUT2D eigenvalue weighted by Gasteiger charge is -2.17. The van der Waals surface area contributed by atoms with E-state index < -0.39 is 23.9 Å². The van der Waals surface area contributed by atoms with E-state index in [1.165, 1.54) is 38.1 Å². The van der Waals surface area contributed by atoms with Gasteiger partial charge in [0.05, 0.1) is 24.7 Å². The van der Waals surface area contributed by atoms with Crippen LogP contribution in [0.2, 0.25) is 0 Å². The molecule has 12 heteroatoms. The number of nitrogens with one attached hydrogen (secondary N) is 3. The summed E-state index contributed by atoms with van der Waals surface area (Å²) in [5, 5.41) is 18.5. The summed E-state index contributed by atoms with van der Waals surface area (Å²) in [5.41, 5.74) is 2.31. The Morgan fingerprint density at radius 3 is 2.49 bits per heavy atom. The molecule has 1 heterocycles. The summed E-state index contributed by atoms with van der Waals surface area (Å²) in [6.07, 6.45) is 1.64. The van der Waals surface area contributed by atoms with Gasteiger partial charge in [0, 0.05) is 18.7 Å². The molecule has 1 fully saturated rings. The lowest BCUT2D eigenvalue weighted by atomic mass is 10.1. The number of phenolic OH excluding ortho intramolecular Hbond substituents is 1. The van der Waals surface area contributed by atoms with Gasteiger partial charge in [0.15, 0.2) is 0 Å². The van der Waals surface area contributed by atoms with Gasteiger partial charge in [-0.15, -0.1) is 0 Å². The van der Waals surface area contributed by atoms with Crippen molar-refractivity contribution in [3.63, 3.8) is 0 Å². The molecule has 2 amide bonds. The maximum atomic E-state index is 12.8. The molecule has 194 valence electrons. The Morgan fingerprint density at radius 2 is 1.86 bits per heavy atom. The largest absolute Gasteiger partial charge is 0.507 e. The molecule has 0 bridgehead atoms. The van der Waals surface area contributed by atoms with Crippen molar-refractivity contribution >= 4 is 63.8 Å². The number of hydrogen-bond donors (Lipinski definition) is 4. The van der Waals surface area contributed by atoms with Crippen LogP contribution >= 0.6 is 24.0 Å². The molecule has 2 aromatic carbocycles. The van der Waals surface area contributed by atoms with Crippen LogP contribution in [0.5, 0.6) is 5.75 Å². The topological polar surface area (TPSA) is 143 Å². The third-order valence-electron chi connectivity index (χ3n) is 5.31. The summed E-state index contributed by atoms with van der Waals surface area (Å²) in [5.74, 6) is -2.42. The van der Waals surface area contributed by atoms with Gasteiger partial charge in [0.25, 0.3) is 11.8 Å². The van der Waals surface area contributed by atoms with Crippen molar-refractivity contribution < 1.29 is 33.8 Å². The van der Waals surface area contributed by atoms with Crippen molar-refractivity contribution in [2.24, 2.45) is 0 Å². The van der Waals surface area contributed by atoms with E-state index in [2.05, 4.69) is 20.7 Å².